The minimum Gasteiger partial charge on any atom is -0.481 e. The van der Waals surface area contributed by atoms with E-state index in [4.69, 9.17) is 4.74 Å². The van der Waals surface area contributed by atoms with Gasteiger partial charge in [-0.1, -0.05) is 19.1 Å². The minimum absolute atomic E-state index is 0.0345. The summed E-state index contributed by atoms with van der Waals surface area (Å²) in [4.78, 5) is 25.2. The van der Waals surface area contributed by atoms with Gasteiger partial charge in [-0.2, -0.15) is 0 Å². The highest BCUT2D eigenvalue weighted by atomic mass is 32.2. The van der Waals surface area contributed by atoms with Crippen molar-refractivity contribution in [3.05, 3.63) is 54.1 Å². The van der Waals surface area contributed by atoms with Crippen molar-refractivity contribution in [1.29, 1.82) is 0 Å². The second-order valence-corrected chi connectivity index (χ2v) is 9.42. The fourth-order valence-corrected chi connectivity index (χ4v) is 3.26. The van der Waals surface area contributed by atoms with Gasteiger partial charge in [0.2, 0.25) is 10.0 Å². The molecule has 1 atom stereocenters. The van der Waals surface area contributed by atoms with E-state index < -0.39 is 16.1 Å². The molecule has 0 heterocycles. The van der Waals surface area contributed by atoms with E-state index >= 15 is 0 Å². The van der Waals surface area contributed by atoms with Gasteiger partial charge in [-0.25, -0.2) is 8.42 Å². The van der Waals surface area contributed by atoms with Crippen molar-refractivity contribution in [3.8, 4) is 5.75 Å². The number of carbonyl (C=O) groups excluding carboxylic acids is 2. The molecular formula is C22H29N3O5S. The summed E-state index contributed by atoms with van der Waals surface area (Å²) in [7, 11) is -1.91. The molecular weight excluding hydrogens is 418 g/mol. The highest BCUT2D eigenvalue weighted by Gasteiger charge is 2.21. The number of nitrogens with one attached hydrogen (secondary N) is 2. The third-order valence-corrected chi connectivity index (χ3v) is 5.69. The smallest absolute Gasteiger partial charge is 0.265 e. The molecule has 2 aromatic rings. The highest BCUT2D eigenvalue weighted by Crippen LogP contribution is 2.22. The molecule has 0 aliphatic heterocycles. The molecule has 0 spiro atoms. The molecule has 0 bridgehead atoms. The van der Waals surface area contributed by atoms with Gasteiger partial charge in [-0.05, 0) is 56.7 Å². The quantitative estimate of drug-likeness (QED) is 0.615. The second kappa shape index (κ2) is 10.3. The molecule has 2 aromatic carbocycles. The topological polar surface area (TPSA) is 105 Å². The lowest BCUT2D eigenvalue weighted by Gasteiger charge is -2.20. The molecule has 0 saturated carbocycles. The number of ether oxygens (including phenoxy) is 1. The maximum Gasteiger partial charge on any atom is 0.265 e. The molecule has 2 rings (SSSR count). The number of para-hydroxylation sites is 1. The third-order valence-electron chi connectivity index (χ3n) is 4.49. The predicted octanol–water partition coefficient (Wildman–Crippen LogP) is 3.02. The van der Waals surface area contributed by atoms with Crippen molar-refractivity contribution >= 4 is 33.2 Å². The van der Waals surface area contributed by atoms with Crippen molar-refractivity contribution in [2.24, 2.45) is 0 Å². The Labute approximate surface area is 183 Å². The maximum atomic E-state index is 12.8. The number of benzene rings is 2. The number of anilines is 2. The van der Waals surface area contributed by atoms with Crippen molar-refractivity contribution in [2.75, 3.05) is 22.9 Å². The van der Waals surface area contributed by atoms with Crippen LogP contribution in [0.15, 0.2) is 48.5 Å². The Kier molecular flexibility index (Phi) is 8.04. The highest BCUT2D eigenvalue weighted by molar-refractivity contribution is 7.92. The van der Waals surface area contributed by atoms with Crippen molar-refractivity contribution in [3.63, 3.8) is 0 Å². The first kappa shape index (κ1) is 24.2. The summed E-state index contributed by atoms with van der Waals surface area (Å²) in [6, 6.07) is 13.2. The van der Waals surface area contributed by atoms with Crippen molar-refractivity contribution in [2.45, 2.75) is 39.3 Å². The summed E-state index contributed by atoms with van der Waals surface area (Å²) in [5.41, 5.74) is 1.25. The van der Waals surface area contributed by atoms with Crippen LogP contribution >= 0.6 is 0 Å². The van der Waals surface area contributed by atoms with Crippen LogP contribution < -0.4 is 19.7 Å². The summed E-state index contributed by atoms with van der Waals surface area (Å²) >= 11 is 0. The van der Waals surface area contributed by atoms with Gasteiger partial charge in [0, 0.05) is 13.1 Å². The Bertz CT molecular complexity index is 1020. The molecule has 0 radical (unpaired) electrons. The summed E-state index contributed by atoms with van der Waals surface area (Å²) < 4.78 is 30.3. The van der Waals surface area contributed by atoms with Gasteiger partial charge in [-0.15, -0.1) is 0 Å². The monoisotopic (exact) mass is 447 g/mol. The maximum absolute atomic E-state index is 12.8. The Morgan fingerprint density at radius 1 is 1.06 bits per heavy atom. The van der Waals surface area contributed by atoms with Crippen LogP contribution in [0.2, 0.25) is 0 Å². The molecule has 0 aliphatic rings. The zero-order valence-corrected chi connectivity index (χ0v) is 19.2. The van der Waals surface area contributed by atoms with E-state index in [1.807, 2.05) is 20.8 Å². The summed E-state index contributed by atoms with van der Waals surface area (Å²) in [6.45, 7) is 5.53. The lowest BCUT2D eigenvalue weighted by atomic mass is 10.1. The first-order chi connectivity index (χ1) is 14.5. The molecule has 1 unspecified atom stereocenters. The molecule has 0 fully saturated rings. The Hall–Kier alpha value is -3.07. The molecule has 2 N–H and O–H groups in total. The van der Waals surface area contributed by atoms with Gasteiger partial charge in [0.1, 0.15) is 5.75 Å². The molecule has 0 saturated heterocycles. The van der Waals surface area contributed by atoms with E-state index in [1.165, 1.54) is 7.05 Å². The van der Waals surface area contributed by atoms with E-state index in [0.29, 0.717) is 29.1 Å². The fraction of sp³-hybridized carbons (Fsp3) is 0.364. The Balaban J connectivity index is 2.12. The van der Waals surface area contributed by atoms with Gasteiger partial charge < -0.3 is 15.4 Å². The van der Waals surface area contributed by atoms with Crippen LogP contribution in [0, 0.1) is 0 Å². The minimum atomic E-state index is -3.37. The molecule has 31 heavy (non-hydrogen) atoms. The van der Waals surface area contributed by atoms with E-state index in [1.54, 1.807) is 48.5 Å². The average molecular weight is 448 g/mol. The van der Waals surface area contributed by atoms with Crippen LogP contribution in [0.3, 0.4) is 0 Å². The lowest BCUT2D eigenvalue weighted by molar-refractivity contribution is -0.122. The average Bonchev–Trinajstić information content (AvgIpc) is 2.71. The number of hydrogen-bond acceptors (Lipinski definition) is 5. The van der Waals surface area contributed by atoms with Gasteiger partial charge in [0.05, 0.1) is 23.2 Å². The standard InChI is InChI=1S/C22H29N3O5S/c1-6-20(30-17-13-11-16(12-14-17)25(4)31(5,28)29)22(27)24-19-10-8-7-9-18(19)21(26)23-15(2)3/h7-15,20H,6H2,1-5H3,(H,23,26)(H,24,27). The fourth-order valence-electron chi connectivity index (χ4n) is 2.76. The van der Waals surface area contributed by atoms with Crippen LogP contribution in [0.5, 0.6) is 5.75 Å². The van der Waals surface area contributed by atoms with Crippen molar-refractivity contribution in [1.82, 2.24) is 5.32 Å². The van der Waals surface area contributed by atoms with Crippen molar-refractivity contribution < 1.29 is 22.7 Å². The third kappa shape index (κ3) is 6.71. The van der Waals surface area contributed by atoms with Crippen LogP contribution in [0.1, 0.15) is 37.6 Å². The van der Waals surface area contributed by atoms with Gasteiger partial charge in [-0.3, -0.25) is 13.9 Å². The zero-order chi connectivity index (χ0) is 23.2. The van der Waals surface area contributed by atoms with Gasteiger partial charge in [0.25, 0.3) is 11.8 Å². The van der Waals surface area contributed by atoms with Crippen LogP contribution in [0.25, 0.3) is 0 Å². The van der Waals surface area contributed by atoms with Crippen LogP contribution in [0.4, 0.5) is 11.4 Å². The molecule has 0 aliphatic carbocycles. The van der Waals surface area contributed by atoms with Crippen LogP contribution in [-0.2, 0) is 14.8 Å². The number of rotatable bonds is 9. The lowest BCUT2D eigenvalue weighted by Crippen LogP contribution is -2.34. The Morgan fingerprint density at radius 2 is 1.68 bits per heavy atom. The summed E-state index contributed by atoms with van der Waals surface area (Å²) in [6.07, 6.45) is 0.727. The molecule has 9 heteroatoms. The van der Waals surface area contributed by atoms with Gasteiger partial charge in [0.15, 0.2) is 6.10 Å². The summed E-state index contributed by atoms with van der Waals surface area (Å²) in [5.74, 6) is -0.228. The molecule has 168 valence electrons. The first-order valence-corrected chi connectivity index (χ1v) is 11.8. The SMILES string of the molecule is CCC(Oc1ccc(N(C)S(C)(=O)=O)cc1)C(=O)Nc1ccccc1C(=O)NC(C)C. The summed E-state index contributed by atoms with van der Waals surface area (Å²) in [5, 5.41) is 5.59. The zero-order valence-electron chi connectivity index (χ0n) is 18.4. The van der Waals surface area contributed by atoms with Gasteiger partial charge >= 0.3 is 0 Å². The largest absolute Gasteiger partial charge is 0.481 e. The van der Waals surface area contributed by atoms with E-state index in [-0.39, 0.29) is 17.9 Å². The molecule has 8 nitrogen and oxygen atoms in total. The number of sulfonamides is 1. The van der Waals surface area contributed by atoms with Crippen LogP contribution in [-0.4, -0.2) is 45.7 Å². The van der Waals surface area contributed by atoms with E-state index in [2.05, 4.69) is 10.6 Å². The number of nitrogens with zero attached hydrogens (tertiary/aromatic N) is 1. The molecule has 2 amide bonds. The predicted molar refractivity (Wildman–Crippen MR) is 122 cm³/mol. The van der Waals surface area contributed by atoms with E-state index in [9.17, 15) is 18.0 Å². The first-order valence-electron chi connectivity index (χ1n) is 9.94. The van der Waals surface area contributed by atoms with E-state index in [0.717, 1.165) is 10.6 Å². The normalized spacial score (nSPS) is 12.2. The molecule has 0 aromatic heterocycles. The number of carbonyl (C=O) groups is 2. The second-order valence-electron chi connectivity index (χ2n) is 7.40. The number of hydrogen-bond donors (Lipinski definition) is 2. The Morgan fingerprint density at radius 3 is 2.23 bits per heavy atom. The number of amides is 2.